The number of benzene rings is 1. The third kappa shape index (κ3) is 2.60. The Morgan fingerprint density at radius 3 is 2.54 bits per heavy atom. The van der Waals surface area contributed by atoms with Gasteiger partial charge in [-0.15, -0.1) is 0 Å². The molecular weight excluding hydrogens is 306 g/mol. The van der Waals surface area contributed by atoms with Crippen molar-refractivity contribution >= 4 is 16.9 Å². The zero-order valence-corrected chi connectivity index (χ0v) is 14.2. The summed E-state index contributed by atoms with van der Waals surface area (Å²) in [5.74, 6) is 1.61. The molecule has 1 saturated heterocycles. The van der Waals surface area contributed by atoms with Crippen LogP contribution in [0.25, 0.3) is 11.0 Å². The van der Waals surface area contributed by atoms with E-state index in [0.29, 0.717) is 31.8 Å². The van der Waals surface area contributed by atoms with Crippen LogP contribution in [0.3, 0.4) is 0 Å². The highest BCUT2D eigenvalue weighted by atomic mass is 16.6. The number of ether oxygens (including phenoxy) is 2. The molecule has 2 aromatic rings. The van der Waals surface area contributed by atoms with Gasteiger partial charge in [-0.1, -0.05) is 0 Å². The van der Waals surface area contributed by atoms with E-state index < -0.39 is 0 Å². The van der Waals surface area contributed by atoms with Crippen LogP contribution in [0.5, 0.6) is 11.5 Å². The van der Waals surface area contributed by atoms with Crippen LogP contribution in [0.4, 0.5) is 0 Å². The van der Waals surface area contributed by atoms with Gasteiger partial charge in [-0.25, -0.2) is 4.98 Å². The van der Waals surface area contributed by atoms with Gasteiger partial charge in [0.2, 0.25) is 5.91 Å². The number of amides is 1. The van der Waals surface area contributed by atoms with Gasteiger partial charge in [-0.2, -0.15) is 0 Å². The van der Waals surface area contributed by atoms with Crippen molar-refractivity contribution in [2.45, 2.75) is 51.7 Å². The molecule has 1 aromatic heterocycles. The molecule has 0 radical (unpaired) electrons. The van der Waals surface area contributed by atoms with Gasteiger partial charge in [0.15, 0.2) is 11.5 Å². The van der Waals surface area contributed by atoms with Crippen LogP contribution >= 0.6 is 0 Å². The van der Waals surface area contributed by atoms with Crippen LogP contribution < -0.4 is 9.47 Å². The van der Waals surface area contributed by atoms with Gasteiger partial charge >= 0.3 is 0 Å². The third-order valence-corrected chi connectivity index (χ3v) is 5.07. The van der Waals surface area contributed by atoms with Crippen LogP contribution in [-0.4, -0.2) is 45.7 Å². The average Bonchev–Trinajstić information content (AvgIpc) is 2.94. The zero-order chi connectivity index (χ0) is 16.7. The molecule has 128 valence electrons. The zero-order valence-electron chi connectivity index (χ0n) is 14.2. The summed E-state index contributed by atoms with van der Waals surface area (Å²) in [6.07, 6.45) is 5.09. The first-order valence-corrected chi connectivity index (χ1v) is 8.69. The number of carbonyl (C=O) groups is 1. The van der Waals surface area contributed by atoms with Crippen molar-refractivity contribution in [1.29, 1.82) is 0 Å². The van der Waals surface area contributed by atoms with Crippen LogP contribution in [0.15, 0.2) is 18.5 Å². The van der Waals surface area contributed by atoms with E-state index in [1.54, 1.807) is 6.33 Å². The summed E-state index contributed by atoms with van der Waals surface area (Å²) < 4.78 is 13.2. The molecule has 1 aromatic carbocycles. The molecule has 4 rings (SSSR count). The van der Waals surface area contributed by atoms with Crippen molar-refractivity contribution < 1.29 is 14.3 Å². The molecule has 0 unspecified atom stereocenters. The van der Waals surface area contributed by atoms with Crippen molar-refractivity contribution in [2.24, 2.45) is 0 Å². The van der Waals surface area contributed by atoms with E-state index in [1.807, 2.05) is 21.6 Å². The number of carbonyl (C=O) groups excluding carboxylic acids is 1. The van der Waals surface area contributed by atoms with Gasteiger partial charge in [0.05, 0.1) is 17.4 Å². The fourth-order valence-corrected chi connectivity index (χ4v) is 3.86. The smallest absolute Gasteiger partial charge is 0.243 e. The second-order valence-corrected chi connectivity index (χ2v) is 6.79. The largest absolute Gasteiger partial charge is 0.486 e. The molecule has 0 bridgehead atoms. The first-order valence-electron chi connectivity index (χ1n) is 8.69. The monoisotopic (exact) mass is 329 g/mol. The molecule has 2 atom stereocenters. The molecule has 0 N–H and O–H groups in total. The summed E-state index contributed by atoms with van der Waals surface area (Å²) in [6, 6.07) is 4.42. The maximum atomic E-state index is 12.8. The van der Waals surface area contributed by atoms with E-state index in [2.05, 4.69) is 18.8 Å². The Morgan fingerprint density at radius 2 is 1.83 bits per heavy atom. The molecule has 0 aliphatic carbocycles. The number of hydrogen-bond acceptors (Lipinski definition) is 4. The van der Waals surface area contributed by atoms with Crippen LogP contribution in [0, 0.1) is 0 Å². The fourth-order valence-electron chi connectivity index (χ4n) is 3.86. The summed E-state index contributed by atoms with van der Waals surface area (Å²) in [6.45, 7) is 5.70. The molecule has 2 aliphatic rings. The average molecular weight is 329 g/mol. The maximum Gasteiger partial charge on any atom is 0.243 e. The lowest BCUT2D eigenvalue weighted by Crippen LogP contribution is -2.48. The Kier molecular flexibility index (Phi) is 3.82. The van der Waals surface area contributed by atoms with Gasteiger partial charge in [-0.05, 0) is 33.1 Å². The van der Waals surface area contributed by atoms with E-state index in [9.17, 15) is 4.79 Å². The molecular formula is C18H23N3O3. The number of aromatic nitrogens is 2. The molecule has 6 heteroatoms. The summed E-state index contributed by atoms with van der Waals surface area (Å²) >= 11 is 0. The molecule has 24 heavy (non-hydrogen) atoms. The fraction of sp³-hybridized carbons (Fsp3) is 0.556. The number of hydrogen-bond donors (Lipinski definition) is 0. The molecule has 3 heterocycles. The Hall–Kier alpha value is -2.24. The van der Waals surface area contributed by atoms with E-state index in [0.717, 1.165) is 35.4 Å². The maximum absolute atomic E-state index is 12.8. The molecule has 0 spiro atoms. The summed E-state index contributed by atoms with van der Waals surface area (Å²) in [4.78, 5) is 19.3. The number of piperidine rings is 1. The van der Waals surface area contributed by atoms with E-state index in [4.69, 9.17) is 9.47 Å². The van der Waals surface area contributed by atoms with E-state index in [-0.39, 0.29) is 5.91 Å². The van der Waals surface area contributed by atoms with Crippen LogP contribution in [-0.2, 0) is 11.3 Å². The summed E-state index contributed by atoms with van der Waals surface area (Å²) in [7, 11) is 0. The lowest BCUT2D eigenvalue weighted by Gasteiger charge is -2.39. The van der Waals surface area contributed by atoms with Gasteiger partial charge in [0.1, 0.15) is 19.8 Å². The Bertz CT molecular complexity index is 760. The van der Waals surface area contributed by atoms with Crippen LogP contribution in [0.1, 0.15) is 33.1 Å². The Balaban J connectivity index is 1.61. The van der Waals surface area contributed by atoms with Crippen molar-refractivity contribution in [2.75, 3.05) is 13.2 Å². The Labute approximate surface area is 141 Å². The van der Waals surface area contributed by atoms with Crippen molar-refractivity contribution in [3.05, 3.63) is 18.5 Å². The first-order chi connectivity index (χ1) is 11.6. The third-order valence-electron chi connectivity index (χ3n) is 5.07. The van der Waals surface area contributed by atoms with Gasteiger partial charge < -0.3 is 18.9 Å². The molecule has 1 fully saturated rings. The predicted molar refractivity (Wildman–Crippen MR) is 90.3 cm³/mol. The second-order valence-electron chi connectivity index (χ2n) is 6.79. The SMILES string of the molecule is C[C@@H]1CCC[C@H](C)N1C(=O)Cn1cnc2cc3c(cc21)OCCO3. The summed E-state index contributed by atoms with van der Waals surface area (Å²) in [5, 5.41) is 0. The number of nitrogens with zero attached hydrogens (tertiary/aromatic N) is 3. The normalized spacial score (nSPS) is 23.5. The standard InChI is InChI=1S/C18H23N3O3/c1-12-4-3-5-13(2)21(12)18(22)10-20-11-19-14-8-16-17(9-15(14)20)24-7-6-23-16/h8-9,11-13H,3-7,10H2,1-2H3/t12-,13+. The predicted octanol–water partition coefficient (Wildman–Crippen LogP) is 2.60. The summed E-state index contributed by atoms with van der Waals surface area (Å²) in [5.41, 5.74) is 1.73. The lowest BCUT2D eigenvalue weighted by molar-refractivity contribution is -0.137. The minimum Gasteiger partial charge on any atom is -0.486 e. The Morgan fingerprint density at radius 1 is 1.17 bits per heavy atom. The van der Waals surface area contributed by atoms with Gasteiger partial charge in [-0.3, -0.25) is 4.79 Å². The highest BCUT2D eigenvalue weighted by Crippen LogP contribution is 2.34. The van der Waals surface area contributed by atoms with Crippen LogP contribution in [0.2, 0.25) is 0 Å². The van der Waals surface area contributed by atoms with Crippen molar-refractivity contribution in [3.63, 3.8) is 0 Å². The van der Waals surface area contributed by atoms with Crippen molar-refractivity contribution in [1.82, 2.24) is 14.5 Å². The van der Waals surface area contributed by atoms with Gasteiger partial charge in [0.25, 0.3) is 0 Å². The molecule has 6 nitrogen and oxygen atoms in total. The number of fused-ring (bicyclic) bond motifs is 2. The molecule has 2 aliphatic heterocycles. The minimum absolute atomic E-state index is 0.156. The second kappa shape index (κ2) is 6.00. The number of imidazole rings is 1. The van der Waals surface area contributed by atoms with E-state index in [1.165, 1.54) is 6.42 Å². The highest BCUT2D eigenvalue weighted by molar-refractivity contribution is 5.83. The topological polar surface area (TPSA) is 56.6 Å². The number of rotatable bonds is 2. The highest BCUT2D eigenvalue weighted by Gasteiger charge is 2.29. The molecule has 0 saturated carbocycles. The number of likely N-dealkylation sites (tertiary alicyclic amines) is 1. The quantitative estimate of drug-likeness (QED) is 0.850. The van der Waals surface area contributed by atoms with Crippen molar-refractivity contribution in [3.8, 4) is 11.5 Å². The first kappa shape index (κ1) is 15.3. The van der Waals surface area contributed by atoms with E-state index >= 15 is 0 Å². The molecule has 1 amide bonds. The van der Waals surface area contributed by atoms with Gasteiger partial charge in [0, 0.05) is 24.2 Å². The lowest BCUT2D eigenvalue weighted by atomic mass is 9.97. The minimum atomic E-state index is 0.156.